The first-order valence-electron chi connectivity index (χ1n) is 8.33. The molecule has 0 spiro atoms. The molecule has 3 rings (SSSR count). The van der Waals surface area contributed by atoms with Gasteiger partial charge in [-0.1, -0.05) is 0 Å². The number of aryl methyl sites for hydroxylation is 1. The van der Waals surface area contributed by atoms with Crippen molar-refractivity contribution in [2.45, 2.75) is 25.7 Å². The summed E-state index contributed by atoms with van der Waals surface area (Å²) in [5.41, 5.74) is 0.560. The van der Waals surface area contributed by atoms with Crippen LogP contribution in [-0.2, 0) is 7.05 Å². The highest BCUT2D eigenvalue weighted by molar-refractivity contribution is 6.03. The Labute approximate surface area is 153 Å². The smallest absolute Gasteiger partial charge is 0.258 e. The zero-order chi connectivity index (χ0) is 16.9. The molecule has 1 saturated heterocycles. The summed E-state index contributed by atoms with van der Waals surface area (Å²) in [6, 6.07) is 7.06. The number of carbonyl (C=O) groups is 1. The first-order chi connectivity index (χ1) is 11.7. The number of nitrogens with one attached hydrogen (secondary N) is 2. The van der Waals surface area contributed by atoms with E-state index in [4.69, 9.17) is 4.74 Å². The van der Waals surface area contributed by atoms with E-state index in [2.05, 4.69) is 20.7 Å². The normalized spacial score (nSPS) is 14.6. The number of piperidine rings is 1. The van der Waals surface area contributed by atoms with Crippen LogP contribution < -0.4 is 15.4 Å². The lowest BCUT2D eigenvalue weighted by atomic mass is 9.98. The first-order valence-corrected chi connectivity index (χ1v) is 8.33. The average molecular weight is 366 g/mol. The molecule has 8 heteroatoms. The quantitative estimate of drug-likeness (QED) is 0.850. The maximum absolute atomic E-state index is 12.4. The number of anilines is 1. The summed E-state index contributed by atoms with van der Waals surface area (Å²) in [5.74, 6) is 2.18. The Morgan fingerprint density at radius 1 is 1.32 bits per heavy atom. The van der Waals surface area contributed by atoms with Crippen LogP contribution in [0.1, 0.15) is 41.9 Å². The van der Waals surface area contributed by atoms with E-state index in [9.17, 15) is 4.79 Å². The Kier molecular flexibility index (Phi) is 6.78. The van der Waals surface area contributed by atoms with Gasteiger partial charge in [-0.2, -0.15) is 10.1 Å². The maximum atomic E-state index is 12.4. The number of benzene rings is 1. The summed E-state index contributed by atoms with van der Waals surface area (Å²) in [4.78, 5) is 16.9. The largest absolute Gasteiger partial charge is 0.494 e. The van der Waals surface area contributed by atoms with Crippen LogP contribution in [0.5, 0.6) is 5.75 Å². The first kappa shape index (κ1) is 19.2. The van der Waals surface area contributed by atoms with Gasteiger partial charge in [0.1, 0.15) is 5.75 Å². The lowest BCUT2D eigenvalue weighted by molar-refractivity contribution is 0.102. The van der Waals surface area contributed by atoms with E-state index in [0.29, 0.717) is 24.0 Å². The molecule has 25 heavy (non-hydrogen) atoms. The van der Waals surface area contributed by atoms with E-state index in [-0.39, 0.29) is 18.3 Å². The van der Waals surface area contributed by atoms with Gasteiger partial charge in [0.25, 0.3) is 5.91 Å². The van der Waals surface area contributed by atoms with Crippen molar-refractivity contribution in [2.24, 2.45) is 7.05 Å². The molecule has 1 fully saturated rings. The maximum Gasteiger partial charge on any atom is 0.258 e. The molecule has 136 valence electrons. The van der Waals surface area contributed by atoms with Crippen LogP contribution in [0.3, 0.4) is 0 Å². The van der Waals surface area contributed by atoms with Gasteiger partial charge in [-0.3, -0.25) is 10.1 Å². The highest BCUT2D eigenvalue weighted by Gasteiger charge is 2.21. The molecule has 0 unspecified atom stereocenters. The molecule has 2 N–H and O–H groups in total. The molecule has 0 saturated carbocycles. The van der Waals surface area contributed by atoms with Crippen LogP contribution in [0, 0.1) is 0 Å². The minimum absolute atomic E-state index is 0. The molecule has 1 aromatic carbocycles. The fourth-order valence-corrected chi connectivity index (χ4v) is 2.81. The summed E-state index contributed by atoms with van der Waals surface area (Å²) in [6.07, 6.45) is 2.05. The van der Waals surface area contributed by atoms with Crippen molar-refractivity contribution in [3.8, 4) is 5.75 Å². The van der Waals surface area contributed by atoms with Crippen molar-refractivity contribution in [2.75, 3.05) is 25.0 Å². The number of hydrogen-bond donors (Lipinski definition) is 2. The van der Waals surface area contributed by atoms with Crippen LogP contribution in [0.4, 0.5) is 5.95 Å². The molecule has 0 aliphatic carbocycles. The lowest BCUT2D eigenvalue weighted by Gasteiger charge is -2.19. The SMILES string of the molecule is CCOc1ccc(C(=O)Nc2nc(C3CCNCC3)nn2C)cc1.Cl. The fourth-order valence-electron chi connectivity index (χ4n) is 2.81. The summed E-state index contributed by atoms with van der Waals surface area (Å²) in [5, 5.41) is 10.6. The number of nitrogens with zero attached hydrogens (tertiary/aromatic N) is 3. The molecule has 1 aromatic heterocycles. The third-order valence-corrected chi connectivity index (χ3v) is 4.14. The van der Waals surface area contributed by atoms with Crippen molar-refractivity contribution in [3.05, 3.63) is 35.7 Å². The van der Waals surface area contributed by atoms with Crippen molar-refractivity contribution in [3.63, 3.8) is 0 Å². The number of amides is 1. The van der Waals surface area contributed by atoms with Gasteiger partial charge in [0.05, 0.1) is 6.61 Å². The number of hydrogen-bond acceptors (Lipinski definition) is 5. The van der Waals surface area contributed by atoms with E-state index in [1.54, 1.807) is 36.0 Å². The number of ether oxygens (including phenoxy) is 1. The van der Waals surface area contributed by atoms with E-state index in [0.717, 1.165) is 37.5 Å². The second kappa shape index (κ2) is 8.82. The van der Waals surface area contributed by atoms with Crippen LogP contribution >= 0.6 is 12.4 Å². The van der Waals surface area contributed by atoms with E-state index < -0.39 is 0 Å². The van der Waals surface area contributed by atoms with Crippen LogP contribution in [0.25, 0.3) is 0 Å². The molecule has 0 radical (unpaired) electrons. The van der Waals surface area contributed by atoms with E-state index in [1.807, 2.05) is 6.92 Å². The van der Waals surface area contributed by atoms with Gasteiger partial charge in [0.2, 0.25) is 5.95 Å². The van der Waals surface area contributed by atoms with Gasteiger partial charge >= 0.3 is 0 Å². The molecule has 1 aliphatic rings. The Morgan fingerprint density at radius 2 is 2.00 bits per heavy atom. The standard InChI is InChI=1S/C17H23N5O2.ClH/c1-3-24-14-6-4-13(5-7-14)16(23)20-17-19-15(21-22(17)2)12-8-10-18-11-9-12;/h4-7,12,18H,3,8-11H2,1-2H3,(H,19,20,21,23);1H. The Hall–Kier alpha value is -2.12. The second-order valence-electron chi connectivity index (χ2n) is 5.85. The van der Waals surface area contributed by atoms with Gasteiger partial charge in [-0.15, -0.1) is 12.4 Å². The molecular formula is C17H24ClN5O2. The van der Waals surface area contributed by atoms with Gasteiger partial charge in [0, 0.05) is 18.5 Å². The monoisotopic (exact) mass is 365 g/mol. The predicted octanol–water partition coefficient (Wildman–Crippen LogP) is 2.35. The van der Waals surface area contributed by atoms with Crippen molar-refractivity contribution in [1.29, 1.82) is 0 Å². The van der Waals surface area contributed by atoms with Crippen LogP contribution in [-0.4, -0.2) is 40.4 Å². The van der Waals surface area contributed by atoms with Crippen molar-refractivity contribution < 1.29 is 9.53 Å². The average Bonchev–Trinajstić information content (AvgIpc) is 2.97. The molecule has 1 amide bonds. The fraction of sp³-hybridized carbons (Fsp3) is 0.471. The molecular weight excluding hydrogens is 342 g/mol. The van der Waals surface area contributed by atoms with Crippen LogP contribution in [0.15, 0.2) is 24.3 Å². The van der Waals surface area contributed by atoms with Crippen molar-refractivity contribution >= 4 is 24.3 Å². The number of aromatic nitrogens is 3. The topological polar surface area (TPSA) is 81.1 Å². The van der Waals surface area contributed by atoms with Gasteiger partial charge in [0.15, 0.2) is 5.82 Å². The van der Waals surface area contributed by atoms with Crippen molar-refractivity contribution in [1.82, 2.24) is 20.1 Å². The summed E-state index contributed by atoms with van der Waals surface area (Å²) in [6.45, 7) is 4.49. The molecule has 2 aromatic rings. The zero-order valence-corrected chi connectivity index (χ0v) is 15.3. The van der Waals surface area contributed by atoms with Gasteiger partial charge in [-0.05, 0) is 57.1 Å². The third-order valence-electron chi connectivity index (χ3n) is 4.14. The number of rotatable bonds is 5. The highest BCUT2D eigenvalue weighted by Crippen LogP contribution is 2.23. The van der Waals surface area contributed by atoms with E-state index in [1.165, 1.54) is 0 Å². The lowest BCUT2D eigenvalue weighted by Crippen LogP contribution is -2.27. The van der Waals surface area contributed by atoms with Crippen LogP contribution in [0.2, 0.25) is 0 Å². The summed E-state index contributed by atoms with van der Waals surface area (Å²) >= 11 is 0. The minimum atomic E-state index is -0.203. The Balaban J connectivity index is 0.00000225. The second-order valence-corrected chi connectivity index (χ2v) is 5.85. The number of carbonyl (C=O) groups excluding carboxylic acids is 1. The Morgan fingerprint density at radius 3 is 2.64 bits per heavy atom. The molecule has 2 heterocycles. The molecule has 1 aliphatic heterocycles. The summed E-state index contributed by atoms with van der Waals surface area (Å²) < 4.78 is 7.01. The minimum Gasteiger partial charge on any atom is -0.494 e. The molecule has 0 atom stereocenters. The summed E-state index contributed by atoms with van der Waals surface area (Å²) in [7, 11) is 1.80. The van der Waals surface area contributed by atoms with Gasteiger partial charge < -0.3 is 10.1 Å². The predicted molar refractivity (Wildman–Crippen MR) is 98.7 cm³/mol. The Bertz CT molecular complexity index is 696. The molecule has 0 bridgehead atoms. The number of halogens is 1. The zero-order valence-electron chi connectivity index (χ0n) is 14.5. The van der Waals surface area contributed by atoms with E-state index >= 15 is 0 Å². The van der Waals surface area contributed by atoms with Gasteiger partial charge in [-0.25, -0.2) is 4.68 Å². The molecule has 7 nitrogen and oxygen atoms in total. The highest BCUT2D eigenvalue weighted by atomic mass is 35.5. The third kappa shape index (κ3) is 4.70.